The van der Waals surface area contributed by atoms with Crippen molar-refractivity contribution >= 4 is 23.6 Å². The van der Waals surface area contributed by atoms with E-state index in [9.17, 15) is 14.7 Å². The Hall–Kier alpha value is -4.66. The molecule has 2 aromatic carbocycles. The third kappa shape index (κ3) is 6.13. The van der Waals surface area contributed by atoms with Crippen LogP contribution in [-0.4, -0.2) is 42.1 Å². The van der Waals surface area contributed by atoms with Crippen LogP contribution in [0.1, 0.15) is 53.8 Å². The van der Waals surface area contributed by atoms with E-state index in [0.29, 0.717) is 29.4 Å². The molecule has 0 aliphatic heterocycles. The van der Waals surface area contributed by atoms with E-state index in [1.54, 1.807) is 35.3 Å². The zero-order valence-electron chi connectivity index (χ0n) is 20.9. The van der Waals surface area contributed by atoms with Crippen molar-refractivity contribution in [3.63, 3.8) is 0 Å². The van der Waals surface area contributed by atoms with E-state index in [0.717, 1.165) is 16.8 Å². The van der Waals surface area contributed by atoms with Crippen molar-refractivity contribution in [3.8, 4) is 0 Å². The monoisotopic (exact) mass is 496 g/mol. The fraction of sp³-hybridized carbons (Fsp3) is 0.214. The summed E-state index contributed by atoms with van der Waals surface area (Å²) in [6.45, 7) is 6.48. The first-order valence-corrected chi connectivity index (χ1v) is 11.9. The number of Topliss-reactive ketones (excluding diaryl/α,β-unsaturated/α-hetero) is 1. The Morgan fingerprint density at radius 3 is 2.27 bits per heavy atom. The molecule has 188 valence electrons. The van der Waals surface area contributed by atoms with Gasteiger partial charge in [-0.15, -0.1) is 5.10 Å². The number of hydrogen-bond donors (Lipinski definition) is 2. The van der Waals surface area contributed by atoms with Crippen LogP contribution < -0.4 is 5.32 Å². The highest BCUT2D eigenvalue weighted by atomic mass is 16.3. The molecule has 0 fully saturated rings. The summed E-state index contributed by atoms with van der Waals surface area (Å²) in [4.78, 5) is 28.6. The van der Waals surface area contributed by atoms with E-state index in [1.165, 1.54) is 6.33 Å². The maximum absolute atomic E-state index is 13.0. The lowest BCUT2D eigenvalue weighted by Gasteiger charge is -2.23. The molecule has 9 heteroatoms. The number of aldehydes is 1. The predicted octanol–water partition coefficient (Wildman–Crippen LogP) is 4.44. The lowest BCUT2D eigenvalue weighted by molar-refractivity contribution is -0.127. The quantitative estimate of drug-likeness (QED) is 0.143. The number of nitrogens with one attached hydrogen (secondary N) is 1. The van der Waals surface area contributed by atoms with E-state index in [-0.39, 0.29) is 17.6 Å². The fourth-order valence-electron chi connectivity index (χ4n) is 3.90. The van der Waals surface area contributed by atoms with Crippen molar-refractivity contribution in [2.24, 2.45) is 0 Å². The third-order valence-corrected chi connectivity index (χ3v) is 5.98. The summed E-state index contributed by atoms with van der Waals surface area (Å²) in [5.41, 5.74) is 3.78. The molecule has 2 N–H and O–H groups in total. The van der Waals surface area contributed by atoms with Crippen molar-refractivity contribution in [1.29, 1.82) is 0 Å². The van der Waals surface area contributed by atoms with Crippen LogP contribution in [0.5, 0.6) is 0 Å². The van der Waals surface area contributed by atoms with Crippen molar-refractivity contribution in [3.05, 3.63) is 107 Å². The van der Waals surface area contributed by atoms with Gasteiger partial charge in [0.05, 0.1) is 23.9 Å². The van der Waals surface area contributed by atoms with Gasteiger partial charge in [0, 0.05) is 5.56 Å². The van der Waals surface area contributed by atoms with Crippen molar-refractivity contribution in [2.75, 3.05) is 5.32 Å². The fourth-order valence-corrected chi connectivity index (χ4v) is 3.90. The molecule has 0 amide bonds. The number of ketones is 1. The Labute approximate surface area is 214 Å². The van der Waals surface area contributed by atoms with Crippen LogP contribution in [0.25, 0.3) is 5.76 Å². The number of hydrogen-bond acceptors (Lipinski definition) is 8. The summed E-state index contributed by atoms with van der Waals surface area (Å²) in [6, 6.07) is 17.4. The average molecular weight is 497 g/mol. The smallest absolute Gasteiger partial charge is 0.227 e. The number of benzene rings is 2. The van der Waals surface area contributed by atoms with E-state index in [4.69, 9.17) is 0 Å². The molecule has 0 saturated carbocycles. The number of anilines is 1. The molecule has 0 saturated heterocycles. The maximum atomic E-state index is 13.0. The minimum absolute atomic E-state index is 0.0845. The minimum Gasteiger partial charge on any atom is -0.507 e. The Morgan fingerprint density at radius 1 is 1.00 bits per heavy atom. The zero-order chi connectivity index (χ0) is 26.4. The Bertz CT molecular complexity index is 1380. The van der Waals surface area contributed by atoms with Crippen LogP contribution in [-0.2, 0) is 16.1 Å². The van der Waals surface area contributed by atoms with E-state index in [1.807, 2.05) is 43.3 Å². The predicted molar refractivity (Wildman–Crippen MR) is 140 cm³/mol. The van der Waals surface area contributed by atoms with Crippen molar-refractivity contribution < 1.29 is 14.7 Å². The Balaban J connectivity index is 1.78. The molecule has 4 aromatic rings. The average Bonchev–Trinajstić information content (AvgIpc) is 3.43. The van der Waals surface area contributed by atoms with Gasteiger partial charge in [-0.2, -0.15) is 10.2 Å². The van der Waals surface area contributed by atoms with Gasteiger partial charge in [-0.3, -0.25) is 9.59 Å². The summed E-state index contributed by atoms with van der Waals surface area (Å²) in [6.07, 6.45) is 3.30. The molecule has 1 unspecified atom stereocenters. The van der Waals surface area contributed by atoms with Gasteiger partial charge in [-0.25, -0.2) is 9.67 Å². The van der Waals surface area contributed by atoms with Gasteiger partial charge in [0.25, 0.3) is 0 Å². The number of aryl methyl sites for hydroxylation is 1. The summed E-state index contributed by atoms with van der Waals surface area (Å²) in [5.74, 6) is -0.422. The van der Waals surface area contributed by atoms with Crippen LogP contribution in [0.2, 0.25) is 0 Å². The summed E-state index contributed by atoms with van der Waals surface area (Å²) in [7, 11) is 0. The molecule has 0 bridgehead atoms. The second-order valence-electron chi connectivity index (χ2n) is 8.99. The van der Waals surface area contributed by atoms with Crippen LogP contribution >= 0.6 is 0 Å². The SMILES string of the molecule is Cc1ccc(NC(C(C(=O)C=O)=C(O)c2ccc(C(C)C)cc2)c2ccc(Cn3cncn3)cc2)nn1. The standard InChI is InChI=1S/C28H28N6O3/c1-18(2)21-9-11-23(12-10-21)28(37)26(24(36)15-35)27(31-25-13-4-19(3)32-33-25)22-7-5-20(6-8-22)14-34-17-29-16-30-34/h4-13,15-18,27,37H,14H2,1-3H3,(H,31,33). The maximum Gasteiger partial charge on any atom is 0.227 e. The van der Waals surface area contributed by atoms with Crippen molar-refractivity contribution in [2.45, 2.75) is 39.3 Å². The highest BCUT2D eigenvalue weighted by Gasteiger charge is 2.28. The number of carbonyl (C=O) groups excluding carboxylic acids is 2. The second-order valence-corrected chi connectivity index (χ2v) is 8.99. The third-order valence-electron chi connectivity index (χ3n) is 5.98. The minimum atomic E-state index is -0.875. The molecule has 4 rings (SSSR count). The van der Waals surface area contributed by atoms with Gasteiger partial charge in [0.2, 0.25) is 5.78 Å². The van der Waals surface area contributed by atoms with E-state index < -0.39 is 11.8 Å². The number of aliphatic hydroxyl groups is 1. The molecule has 0 aliphatic rings. The molecule has 1 atom stereocenters. The first-order chi connectivity index (χ1) is 17.9. The Morgan fingerprint density at radius 2 is 1.70 bits per heavy atom. The summed E-state index contributed by atoms with van der Waals surface area (Å²) in [5, 5.41) is 26.8. The molecule has 0 aliphatic carbocycles. The molecular formula is C28H28N6O3. The van der Waals surface area contributed by atoms with Gasteiger partial charge in [0.1, 0.15) is 24.2 Å². The van der Waals surface area contributed by atoms with Gasteiger partial charge in [-0.05, 0) is 41.7 Å². The van der Waals surface area contributed by atoms with Gasteiger partial charge in [-0.1, -0.05) is 62.4 Å². The van der Waals surface area contributed by atoms with Crippen LogP contribution in [0.4, 0.5) is 5.82 Å². The number of aliphatic hydroxyl groups excluding tert-OH is 1. The van der Waals surface area contributed by atoms with Crippen LogP contribution in [0.15, 0.2) is 78.9 Å². The van der Waals surface area contributed by atoms with Crippen molar-refractivity contribution in [1.82, 2.24) is 25.0 Å². The van der Waals surface area contributed by atoms with Gasteiger partial charge in [0.15, 0.2) is 6.29 Å². The molecule has 9 nitrogen and oxygen atoms in total. The summed E-state index contributed by atoms with van der Waals surface area (Å²) >= 11 is 0. The van der Waals surface area contributed by atoms with Crippen LogP contribution in [0, 0.1) is 6.92 Å². The first kappa shape index (κ1) is 25.4. The number of aromatic nitrogens is 5. The normalized spacial score (nSPS) is 12.6. The second kappa shape index (κ2) is 11.4. The lowest BCUT2D eigenvalue weighted by atomic mass is 9.91. The topological polar surface area (TPSA) is 123 Å². The highest BCUT2D eigenvalue weighted by molar-refractivity contribution is 6.35. The highest BCUT2D eigenvalue weighted by Crippen LogP contribution is 2.32. The lowest BCUT2D eigenvalue weighted by Crippen LogP contribution is -2.22. The largest absolute Gasteiger partial charge is 0.507 e. The Kier molecular flexibility index (Phi) is 7.83. The molecule has 2 aromatic heterocycles. The number of carbonyl (C=O) groups is 2. The first-order valence-electron chi connectivity index (χ1n) is 11.9. The van der Waals surface area contributed by atoms with Crippen LogP contribution in [0.3, 0.4) is 0 Å². The molecule has 37 heavy (non-hydrogen) atoms. The van der Waals surface area contributed by atoms with Gasteiger partial charge < -0.3 is 10.4 Å². The number of rotatable bonds is 10. The number of nitrogens with zero attached hydrogens (tertiary/aromatic N) is 5. The molecule has 0 spiro atoms. The van der Waals surface area contributed by atoms with Gasteiger partial charge >= 0.3 is 0 Å². The summed E-state index contributed by atoms with van der Waals surface area (Å²) < 4.78 is 1.69. The molecular weight excluding hydrogens is 468 g/mol. The molecule has 2 heterocycles. The molecule has 0 radical (unpaired) electrons. The zero-order valence-corrected chi connectivity index (χ0v) is 20.9. The van der Waals surface area contributed by atoms with E-state index >= 15 is 0 Å². The van der Waals surface area contributed by atoms with E-state index in [2.05, 4.69) is 39.4 Å².